The zero-order chi connectivity index (χ0) is 15.5. The van der Waals surface area contributed by atoms with Gasteiger partial charge in [0.1, 0.15) is 5.75 Å². The third-order valence-electron chi connectivity index (χ3n) is 3.92. The van der Waals surface area contributed by atoms with Crippen LogP contribution in [0.3, 0.4) is 0 Å². The lowest BCUT2D eigenvalue weighted by atomic mass is 10.2. The molecular weight excluding hydrogens is 298 g/mol. The highest BCUT2D eigenvalue weighted by molar-refractivity contribution is 6.31. The lowest BCUT2D eigenvalue weighted by molar-refractivity contribution is 0.236. The molecule has 1 aliphatic rings. The molecule has 0 amide bonds. The number of nitrogens with zero attached hydrogens (tertiary/aromatic N) is 3. The summed E-state index contributed by atoms with van der Waals surface area (Å²) in [6.07, 6.45) is 4.36. The molecule has 22 heavy (non-hydrogen) atoms. The molecule has 0 aliphatic heterocycles. The average Bonchev–Trinajstić information content (AvgIpc) is 3.27. The fourth-order valence-electron chi connectivity index (χ4n) is 2.71. The summed E-state index contributed by atoms with van der Waals surface area (Å²) >= 11 is 6.26. The van der Waals surface area contributed by atoms with E-state index in [-0.39, 0.29) is 0 Å². The molecule has 5 heteroatoms. The molecule has 1 aliphatic carbocycles. The second-order valence-electron chi connectivity index (χ2n) is 5.77. The van der Waals surface area contributed by atoms with Crippen LogP contribution in [0, 0.1) is 0 Å². The van der Waals surface area contributed by atoms with E-state index >= 15 is 0 Å². The standard InChI is InChI=1S/C17H22ClN3O/c1-3-22-17-7-5-4-6-13(17)10-21(14-8-9-14)12-16-15(18)11-20(2)19-16/h4-7,11,14H,3,8-10,12H2,1-2H3. The number of para-hydroxylation sites is 1. The van der Waals surface area contributed by atoms with E-state index in [1.54, 1.807) is 4.68 Å². The average molecular weight is 320 g/mol. The Balaban J connectivity index is 1.76. The molecule has 0 radical (unpaired) electrons. The number of aryl methyl sites for hydroxylation is 1. The first-order valence-corrected chi connectivity index (χ1v) is 8.18. The Morgan fingerprint density at radius 3 is 2.73 bits per heavy atom. The van der Waals surface area contributed by atoms with Crippen molar-refractivity contribution >= 4 is 11.6 Å². The Kier molecular flexibility index (Phi) is 4.69. The van der Waals surface area contributed by atoms with Gasteiger partial charge in [0, 0.05) is 37.9 Å². The van der Waals surface area contributed by atoms with E-state index in [2.05, 4.69) is 22.1 Å². The number of ether oxygens (including phenoxy) is 1. The zero-order valence-corrected chi connectivity index (χ0v) is 13.9. The van der Waals surface area contributed by atoms with Crippen molar-refractivity contribution in [3.63, 3.8) is 0 Å². The van der Waals surface area contributed by atoms with Gasteiger partial charge in [0.05, 0.1) is 17.3 Å². The van der Waals surface area contributed by atoms with E-state index < -0.39 is 0 Å². The number of rotatable bonds is 7. The van der Waals surface area contributed by atoms with Crippen molar-refractivity contribution in [2.24, 2.45) is 7.05 Å². The van der Waals surface area contributed by atoms with E-state index in [0.29, 0.717) is 12.6 Å². The molecule has 1 aromatic carbocycles. The van der Waals surface area contributed by atoms with Crippen molar-refractivity contribution < 1.29 is 4.74 Å². The van der Waals surface area contributed by atoms with Crippen molar-refractivity contribution in [3.05, 3.63) is 46.7 Å². The van der Waals surface area contributed by atoms with E-state index in [4.69, 9.17) is 16.3 Å². The van der Waals surface area contributed by atoms with Crippen LogP contribution < -0.4 is 4.74 Å². The van der Waals surface area contributed by atoms with Gasteiger partial charge in [-0.15, -0.1) is 0 Å². The van der Waals surface area contributed by atoms with E-state index in [0.717, 1.165) is 29.6 Å². The molecule has 0 spiro atoms. The van der Waals surface area contributed by atoms with Crippen LogP contribution in [0.5, 0.6) is 5.75 Å². The summed E-state index contributed by atoms with van der Waals surface area (Å²) in [5.41, 5.74) is 2.17. The first-order valence-electron chi connectivity index (χ1n) is 7.80. The van der Waals surface area contributed by atoms with Crippen LogP contribution in [0.4, 0.5) is 0 Å². The van der Waals surface area contributed by atoms with Crippen LogP contribution in [0.1, 0.15) is 31.0 Å². The molecule has 2 aromatic rings. The third kappa shape index (κ3) is 3.62. The molecule has 1 aromatic heterocycles. The van der Waals surface area contributed by atoms with Crippen molar-refractivity contribution in [1.29, 1.82) is 0 Å². The summed E-state index contributed by atoms with van der Waals surface area (Å²) in [6, 6.07) is 8.90. The Bertz CT molecular complexity index is 637. The summed E-state index contributed by atoms with van der Waals surface area (Å²) in [5.74, 6) is 0.975. The number of hydrogen-bond donors (Lipinski definition) is 0. The minimum Gasteiger partial charge on any atom is -0.494 e. The van der Waals surface area contributed by atoms with Crippen LogP contribution >= 0.6 is 11.6 Å². The summed E-state index contributed by atoms with van der Waals surface area (Å²) in [5, 5.41) is 5.21. The van der Waals surface area contributed by atoms with Gasteiger partial charge in [-0.3, -0.25) is 9.58 Å². The zero-order valence-electron chi connectivity index (χ0n) is 13.1. The maximum absolute atomic E-state index is 6.26. The Morgan fingerprint density at radius 1 is 1.32 bits per heavy atom. The lowest BCUT2D eigenvalue weighted by Gasteiger charge is -2.22. The van der Waals surface area contributed by atoms with Gasteiger partial charge in [0.25, 0.3) is 0 Å². The van der Waals surface area contributed by atoms with E-state index in [1.807, 2.05) is 32.3 Å². The number of hydrogen-bond acceptors (Lipinski definition) is 3. The quantitative estimate of drug-likeness (QED) is 0.780. The minimum absolute atomic E-state index is 0.632. The Labute approximate surface area is 136 Å². The normalized spacial score (nSPS) is 14.5. The second kappa shape index (κ2) is 6.71. The number of aromatic nitrogens is 2. The molecule has 0 atom stereocenters. The monoisotopic (exact) mass is 319 g/mol. The Morgan fingerprint density at radius 2 is 2.09 bits per heavy atom. The van der Waals surface area contributed by atoms with Gasteiger partial charge in [0.15, 0.2) is 0 Å². The minimum atomic E-state index is 0.632. The molecule has 3 rings (SSSR count). The van der Waals surface area contributed by atoms with Gasteiger partial charge in [-0.2, -0.15) is 5.10 Å². The molecule has 0 N–H and O–H groups in total. The van der Waals surface area contributed by atoms with Crippen LogP contribution in [0.25, 0.3) is 0 Å². The molecule has 0 saturated heterocycles. The molecule has 0 unspecified atom stereocenters. The third-order valence-corrected chi connectivity index (χ3v) is 4.23. The highest BCUT2D eigenvalue weighted by atomic mass is 35.5. The van der Waals surface area contributed by atoms with E-state index in [1.165, 1.54) is 18.4 Å². The summed E-state index contributed by atoms with van der Waals surface area (Å²) in [6.45, 7) is 4.36. The fourth-order valence-corrected chi connectivity index (χ4v) is 2.95. The highest BCUT2D eigenvalue weighted by Crippen LogP contribution is 2.32. The highest BCUT2D eigenvalue weighted by Gasteiger charge is 2.30. The molecule has 1 heterocycles. The SMILES string of the molecule is CCOc1ccccc1CN(Cc1nn(C)cc1Cl)C1CC1. The van der Waals surface area contributed by atoms with Crippen LogP contribution in [0.15, 0.2) is 30.5 Å². The molecule has 0 bridgehead atoms. The lowest BCUT2D eigenvalue weighted by Crippen LogP contribution is -2.25. The fraction of sp³-hybridized carbons (Fsp3) is 0.471. The van der Waals surface area contributed by atoms with Crippen molar-refractivity contribution in [2.45, 2.75) is 38.9 Å². The summed E-state index contributed by atoms with van der Waals surface area (Å²) < 4.78 is 7.52. The van der Waals surface area contributed by atoms with Crippen molar-refractivity contribution in [1.82, 2.24) is 14.7 Å². The summed E-state index contributed by atoms with van der Waals surface area (Å²) in [7, 11) is 1.90. The van der Waals surface area contributed by atoms with E-state index in [9.17, 15) is 0 Å². The first kappa shape index (κ1) is 15.4. The predicted octanol–water partition coefficient (Wildman–Crippen LogP) is 3.64. The largest absolute Gasteiger partial charge is 0.494 e. The van der Waals surface area contributed by atoms with Gasteiger partial charge in [-0.25, -0.2) is 0 Å². The van der Waals surface area contributed by atoms with Crippen molar-refractivity contribution in [2.75, 3.05) is 6.61 Å². The van der Waals surface area contributed by atoms with Crippen LogP contribution in [-0.4, -0.2) is 27.3 Å². The molecule has 1 fully saturated rings. The van der Waals surface area contributed by atoms with Gasteiger partial charge in [-0.05, 0) is 25.8 Å². The van der Waals surface area contributed by atoms with Crippen LogP contribution in [-0.2, 0) is 20.1 Å². The predicted molar refractivity (Wildman–Crippen MR) is 88.1 cm³/mol. The van der Waals surface area contributed by atoms with Gasteiger partial charge in [-0.1, -0.05) is 29.8 Å². The van der Waals surface area contributed by atoms with Gasteiger partial charge < -0.3 is 4.74 Å². The molecule has 118 valence electrons. The second-order valence-corrected chi connectivity index (χ2v) is 6.18. The maximum atomic E-state index is 6.26. The maximum Gasteiger partial charge on any atom is 0.123 e. The molecule has 1 saturated carbocycles. The van der Waals surface area contributed by atoms with Gasteiger partial charge in [0.2, 0.25) is 0 Å². The Hall–Kier alpha value is -1.52. The number of halogens is 1. The van der Waals surface area contributed by atoms with Crippen molar-refractivity contribution in [3.8, 4) is 5.75 Å². The smallest absolute Gasteiger partial charge is 0.123 e. The molecular formula is C17H22ClN3O. The topological polar surface area (TPSA) is 30.3 Å². The first-order chi connectivity index (χ1) is 10.7. The van der Waals surface area contributed by atoms with Crippen LogP contribution in [0.2, 0.25) is 5.02 Å². The molecule has 4 nitrogen and oxygen atoms in total. The number of benzene rings is 1. The summed E-state index contributed by atoms with van der Waals surface area (Å²) in [4.78, 5) is 2.45. The van der Waals surface area contributed by atoms with Gasteiger partial charge >= 0.3 is 0 Å².